The van der Waals surface area contributed by atoms with Gasteiger partial charge in [-0.05, 0) is 159 Å². The number of rotatable bonds is 27. The van der Waals surface area contributed by atoms with E-state index < -0.39 is 29.1 Å². The van der Waals surface area contributed by atoms with Crippen molar-refractivity contribution in [3.8, 4) is 155 Å². The summed E-state index contributed by atoms with van der Waals surface area (Å²) in [6.07, 6.45) is 12.2. The Morgan fingerprint density at radius 1 is 0.319 bits per heavy atom. The number of pyridine rings is 3. The molecule has 696 valence electrons. The Kier molecular flexibility index (Phi) is 29.3. The summed E-state index contributed by atoms with van der Waals surface area (Å²) in [6, 6.07) is 56.8. The van der Waals surface area contributed by atoms with Crippen molar-refractivity contribution in [3.05, 3.63) is 301 Å². The van der Waals surface area contributed by atoms with E-state index in [4.69, 9.17) is 51.0 Å². The number of hydrogen-bond acceptors (Lipinski definition) is 35. The normalized spacial score (nSPS) is 11.8. The second-order valence-corrected chi connectivity index (χ2v) is 29.5. The van der Waals surface area contributed by atoms with Gasteiger partial charge in [0.05, 0.1) is 46.3 Å². The number of benzene rings is 7. The van der Waals surface area contributed by atoms with E-state index in [1.54, 1.807) is 192 Å². The van der Waals surface area contributed by atoms with E-state index in [0.29, 0.717) is 105 Å². The predicted molar refractivity (Wildman–Crippen MR) is 479 cm³/mol. The zero-order chi connectivity index (χ0) is 95.2. The van der Waals surface area contributed by atoms with E-state index in [-0.39, 0.29) is 83.6 Å². The minimum atomic E-state index is -0.432. The van der Waals surface area contributed by atoms with Gasteiger partial charge >= 0.3 is 0 Å². The molecule has 14 heterocycles. The lowest BCUT2D eigenvalue weighted by molar-refractivity contribution is 0.179. The first-order valence-electron chi connectivity index (χ1n) is 42.1. The molecule has 0 radical (unpaired) electrons. The van der Waals surface area contributed by atoms with E-state index >= 15 is 0 Å². The van der Waals surface area contributed by atoms with Crippen molar-refractivity contribution in [2.24, 2.45) is 0 Å². The Labute approximate surface area is 778 Å². The third kappa shape index (κ3) is 20.8. The SMILES string of the molecule is COCCc1c(-c2nc(-c3ccncc3)no2)nnn1-c1ccccc1F.COCc1c(-c2nc(-c3ccc(OC)cc3)no2)nnn1-c1ccccc1F.COCc1c(-c2nc(-c3cccc(OC)c3)no2)nnn1-c1ccccc1F.COCc1c(-c2nc(-c3ccncc3)no2)nnn1-c1ccccc1F.Fc1ccccc1-n1nnc(-c2nc(C3CCNCC3)no2)c1-c1ccncc1. The summed E-state index contributed by atoms with van der Waals surface area (Å²) in [5.41, 5.74) is 9.58. The van der Waals surface area contributed by atoms with Gasteiger partial charge in [0.1, 0.15) is 91.8 Å². The van der Waals surface area contributed by atoms with Gasteiger partial charge in [-0.2, -0.15) is 24.9 Å². The topological polar surface area (TPSA) is 454 Å². The number of halogens is 5. The van der Waals surface area contributed by atoms with Gasteiger partial charge in [-0.3, -0.25) is 15.0 Å². The molecule has 45 heteroatoms. The molecule has 0 spiro atoms. The molecule has 0 amide bonds. The lowest BCUT2D eigenvalue weighted by atomic mass is 9.98. The first-order valence-corrected chi connectivity index (χ1v) is 42.1. The largest absolute Gasteiger partial charge is 0.497 e. The number of nitrogens with one attached hydrogen (secondary N) is 1. The fraction of sp³-hybridized carbons (Fsp3) is 0.172. The van der Waals surface area contributed by atoms with Gasteiger partial charge in [-0.25, -0.2) is 45.4 Å². The molecular formula is C93H78F5N29O11. The average Bonchev–Trinajstić information content (AvgIpc) is 1.63. The molecule has 1 fully saturated rings. The van der Waals surface area contributed by atoms with E-state index in [2.05, 4.69) is 123 Å². The molecule has 0 atom stereocenters. The number of hydrogen-bond donors (Lipinski definition) is 1. The highest BCUT2D eigenvalue weighted by atomic mass is 19.1. The van der Waals surface area contributed by atoms with Crippen molar-refractivity contribution in [2.45, 2.75) is 45.0 Å². The molecule has 7 aromatic carbocycles. The Morgan fingerprint density at radius 3 is 1.04 bits per heavy atom. The zero-order valence-electron chi connectivity index (χ0n) is 73.9. The lowest BCUT2D eigenvalue weighted by Gasteiger charge is -2.18. The van der Waals surface area contributed by atoms with E-state index in [1.165, 1.54) is 75.1 Å². The van der Waals surface area contributed by atoms with Gasteiger partial charge in [0.25, 0.3) is 29.5 Å². The highest BCUT2D eigenvalue weighted by Gasteiger charge is 2.31. The van der Waals surface area contributed by atoms with Crippen LogP contribution in [0.1, 0.15) is 47.4 Å². The third-order valence-corrected chi connectivity index (χ3v) is 20.9. The van der Waals surface area contributed by atoms with E-state index in [0.717, 1.165) is 59.5 Å². The van der Waals surface area contributed by atoms with Crippen LogP contribution in [0.2, 0.25) is 0 Å². The highest BCUT2D eigenvalue weighted by molar-refractivity contribution is 5.76. The molecule has 138 heavy (non-hydrogen) atoms. The number of piperidine rings is 1. The average molecular weight is 1870 g/mol. The molecule has 13 aromatic heterocycles. The third-order valence-electron chi connectivity index (χ3n) is 20.9. The van der Waals surface area contributed by atoms with Gasteiger partial charge in [0.2, 0.25) is 23.3 Å². The minimum Gasteiger partial charge on any atom is -0.497 e. The van der Waals surface area contributed by atoms with Crippen LogP contribution in [0.4, 0.5) is 22.0 Å². The highest BCUT2D eigenvalue weighted by Crippen LogP contribution is 2.37. The summed E-state index contributed by atoms with van der Waals surface area (Å²) in [5.74, 6) is 2.76. The summed E-state index contributed by atoms with van der Waals surface area (Å²) < 4.78 is 136. The van der Waals surface area contributed by atoms with Crippen molar-refractivity contribution in [1.82, 2.24) is 146 Å². The van der Waals surface area contributed by atoms with Gasteiger partial charge in [-0.15, -0.1) is 25.5 Å². The number of ether oxygens (including phenoxy) is 6. The monoisotopic (exact) mass is 1870 g/mol. The fourth-order valence-corrected chi connectivity index (χ4v) is 14.2. The summed E-state index contributed by atoms with van der Waals surface area (Å²) in [5, 5.41) is 64.6. The van der Waals surface area contributed by atoms with Crippen molar-refractivity contribution >= 4 is 0 Å². The smallest absolute Gasteiger partial charge is 0.280 e. The molecule has 20 aromatic rings. The number of methoxy groups -OCH3 is 6. The standard InChI is InChI=1S/C20H18FN7O.2C19H16FN5O3.C18H15FN6O2.C17H13FN6O2/c21-15-3-1-2-4-16(15)28-18(13-5-9-22-10-6-13)17(25-27-28)20-24-19(26-29-20)14-7-11-23-12-8-14;1-26-11-16-17(22-24-25(16)15-9-4-3-8-14(15)20)19-21-18(23-28-19)12-6-5-7-13(10-12)27-2;1-26-11-16-17(22-24-25(16)15-6-4-3-5-14(15)20)19-21-18(23-28-19)12-7-9-13(27-2)10-8-12;1-26-11-8-15-16(22-24-25(15)14-5-3-2-4-13(14)19)18-21-17(23-27-18)12-6-9-20-10-7-12;1-25-10-14-15(21-23-24(14)13-5-3-2-4-12(13)18)17-20-16(22-26-17)11-6-8-19-9-7-11/h1-6,9-10,14,23H,7-8,11-12H2;2*3-10H,11H2,1-2H3;2-7,9-10H,8,11H2,1H3;2-9H,10H2,1H3. The molecule has 1 aliphatic rings. The number of para-hydroxylation sites is 5. The van der Waals surface area contributed by atoms with Crippen molar-refractivity contribution in [3.63, 3.8) is 0 Å². The van der Waals surface area contributed by atoms with Crippen molar-refractivity contribution in [2.75, 3.05) is 62.4 Å². The van der Waals surface area contributed by atoms with Crippen LogP contribution >= 0.6 is 0 Å². The van der Waals surface area contributed by atoms with Crippen LogP contribution in [0.25, 0.3) is 143 Å². The first-order chi connectivity index (χ1) is 67.8. The van der Waals surface area contributed by atoms with Crippen LogP contribution in [0, 0.1) is 29.1 Å². The van der Waals surface area contributed by atoms with Gasteiger partial charge < -0.3 is 56.4 Å². The van der Waals surface area contributed by atoms with E-state index in [9.17, 15) is 22.0 Å². The van der Waals surface area contributed by atoms with Crippen LogP contribution in [0.5, 0.6) is 11.5 Å². The van der Waals surface area contributed by atoms with Gasteiger partial charge in [-0.1, -0.05) is 125 Å². The molecule has 40 nitrogen and oxygen atoms in total. The summed E-state index contributed by atoms with van der Waals surface area (Å²) in [4.78, 5) is 34.1. The molecule has 1 saturated heterocycles. The van der Waals surface area contributed by atoms with Crippen LogP contribution in [-0.4, -0.2) is 203 Å². The number of nitrogens with zero attached hydrogens (tertiary/aromatic N) is 28. The molecule has 1 aliphatic heterocycles. The summed E-state index contributed by atoms with van der Waals surface area (Å²) >= 11 is 0. The molecular weight excluding hydrogens is 1790 g/mol. The van der Waals surface area contributed by atoms with Crippen LogP contribution in [0.15, 0.2) is 266 Å². The van der Waals surface area contributed by atoms with Crippen molar-refractivity contribution < 1.29 is 73.0 Å². The van der Waals surface area contributed by atoms with Crippen LogP contribution in [0.3, 0.4) is 0 Å². The number of aromatic nitrogens is 28. The van der Waals surface area contributed by atoms with Crippen molar-refractivity contribution in [1.29, 1.82) is 0 Å². The Bertz CT molecular complexity index is 7410. The lowest BCUT2D eigenvalue weighted by Crippen LogP contribution is -2.27. The minimum absolute atomic E-state index is 0.132. The molecule has 21 rings (SSSR count). The Morgan fingerprint density at radius 2 is 0.652 bits per heavy atom. The summed E-state index contributed by atoms with van der Waals surface area (Å²) in [7, 11) is 9.34. The maximum Gasteiger partial charge on any atom is 0.280 e. The fourth-order valence-electron chi connectivity index (χ4n) is 14.2. The molecule has 1 N–H and O–H groups in total. The zero-order valence-corrected chi connectivity index (χ0v) is 73.9. The second-order valence-electron chi connectivity index (χ2n) is 29.5. The van der Waals surface area contributed by atoms with Gasteiger partial charge in [0.15, 0.2) is 34.3 Å². The first kappa shape index (κ1) is 92.3. The molecule has 0 bridgehead atoms. The van der Waals surface area contributed by atoms with Crippen LogP contribution < -0.4 is 14.8 Å². The maximum atomic E-state index is 14.5. The van der Waals surface area contributed by atoms with E-state index in [1.807, 2.05) is 42.5 Å². The Balaban J connectivity index is 0.000000119. The quantitative estimate of drug-likeness (QED) is 0.0467. The second kappa shape index (κ2) is 43.9. The molecule has 0 unspecified atom stereocenters. The van der Waals surface area contributed by atoms with Gasteiger partial charge in [0, 0.05) is 106 Å². The molecule has 0 aliphatic carbocycles. The van der Waals surface area contributed by atoms with Crippen LogP contribution in [-0.2, 0) is 45.2 Å². The molecule has 0 saturated carbocycles. The maximum absolute atomic E-state index is 14.5. The Hall–Kier alpha value is -17.6. The summed E-state index contributed by atoms with van der Waals surface area (Å²) in [6.45, 7) is 2.68. The predicted octanol–water partition coefficient (Wildman–Crippen LogP) is 14.9.